The first kappa shape index (κ1) is 15.1. The molecule has 18 heavy (non-hydrogen) atoms. The van der Waals surface area contributed by atoms with E-state index < -0.39 is 20.6 Å². The van der Waals surface area contributed by atoms with Gasteiger partial charge in [-0.25, -0.2) is 8.42 Å². The number of nitrogens with zero attached hydrogens (tertiary/aromatic N) is 2. The lowest BCUT2D eigenvalue weighted by atomic mass is 10.4. The third-order valence-electron chi connectivity index (χ3n) is 2.00. The van der Waals surface area contributed by atoms with Crippen molar-refractivity contribution in [3.8, 4) is 0 Å². The van der Waals surface area contributed by atoms with E-state index in [2.05, 4.69) is 6.58 Å². The highest BCUT2D eigenvalue weighted by Gasteiger charge is 2.28. The van der Waals surface area contributed by atoms with E-state index >= 15 is 0 Å². The van der Waals surface area contributed by atoms with E-state index in [0.717, 1.165) is 10.4 Å². The fourth-order valence-corrected chi connectivity index (χ4v) is 4.32. The zero-order chi connectivity index (χ0) is 14.1. The summed E-state index contributed by atoms with van der Waals surface area (Å²) in [6.45, 7) is 5.45. The molecular formula is C9H11ClN2O4S2. The summed E-state index contributed by atoms with van der Waals surface area (Å²) in [4.78, 5) is 9.90. The van der Waals surface area contributed by atoms with Gasteiger partial charge in [0.05, 0.1) is 4.92 Å². The van der Waals surface area contributed by atoms with Gasteiger partial charge < -0.3 is 0 Å². The van der Waals surface area contributed by atoms with Crippen molar-refractivity contribution in [2.75, 3.05) is 13.6 Å². The Hall–Kier alpha value is -0.960. The molecule has 100 valence electrons. The number of hydrogen-bond acceptors (Lipinski definition) is 5. The first-order valence-electron chi connectivity index (χ1n) is 4.70. The van der Waals surface area contributed by atoms with Crippen LogP contribution in [0.15, 0.2) is 22.4 Å². The highest BCUT2D eigenvalue weighted by Crippen LogP contribution is 2.37. The van der Waals surface area contributed by atoms with Crippen LogP contribution in [0.5, 0.6) is 0 Å². The minimum absolute atomic E-state index is 0.144. The van der Waals surface area contributed by atoms with E-state index in [9.17, 15) is 18.5 Å². The molecule has 0 unspecified atom stereocenters. The zero-order valence-corrected chi connectivity index (χ0v) is 12.1. The Labute approximate surface area is 114 Å². The predicted octanol–water partition coefficient (Wildman–Crippen LogP) is 2.51. The summed E-state index contributed by atoms with van der Waals surface area (Å²) in [5.74, 6) is 0. The standard InChI is InChI=1S/C9H11ClN2O4S2/c1-6(2)5-11(3)18(15,16)8-4-7(12(13)14)9(10)17-8/h4H,1,5H2,2-3H3. The van der Waals surface area contributed by atoms with Crippen LogP contribution in [0.1, 0.15) is 6.92 Å². The van der Waals surface area contributed by atoms with Gasteiger partial charge in [0.1, 0.15) is 4.21 Å². The average molecular weight is 311 g/mol. The molecule has 0 radical (unpaired) electrons. The molecule has 0 bridgehead atoms. The van der Waals surface area contributed by atoms with Crippen LogP contribution in [0, 0.1) is 10.1 Å². The molecule has 0 N–H and O–H groups in total. The van der Waals surface area contributed by atoms with Crippen LogP contribution in [-0.4, -0.2) is 31.2 Å². The molecule has 6 nitrogen and oxygen atoms in total. The normalized spacial score (nSPS) is 11.8. The van der Waals surface area contributed by atoms with E-state index in [-0.39, 0.29) is 15.1 Å². The van der Waals surface area contributed by atoms with Gasteiger partial charge in [0.25, 0.3) is 15.7 Å². The maximum Gasteiger partial charge on any atom is 0.300 e. The van der Waals surface area contributed by atoms with Crippen molar-refractivity contribution in [2.45, 2.75) is 11.1 Å². The van der Waals surface area contributed by atoms with E-state index in [1.54, 1.807) is 6.92 Å². The zero-order valence-electron chi connectivity index (χ0n) is 9.71. The van der Waals surface area contributed by atoms with Gasteiger partial charge in [0.2, 0.25) is 0 Å². The van der Waals surface area contributed by atoms with Crippen molar-refractivity contribution in [1.29, 1.82) is 0 Å². The van der Waals surface area contributed by atoms with E-state index in [1.807, 2.05) is 0 Å². The molecule has 0 spiro atoms. The second-order valence-corrected chi connectivity index (χ2v) is 7.63. The molecule has 1 rings (SSSR count). The predicted molar refractivity (Wildman–Crippen MR) is 70.6 cm³/mol. The summed E-state index contributed by atoms with van der Waals surface area (Å²) >= 11 is 6.30. The lowest BCUT2D eigenvalue weighted by Gasteiger charge is -2.15. The van der Waals surface area contributed by atoms with Crippen molar-refractivity contribution in [3.05, 3.63) is 32.7 Å². The molecule has 0 atom stereocenters. The summed E-state index contributed by atoms with van der Waals surface area (Å²) < 4.78 is 24.9. The number of hydrogen-bond donors (Lipinski definition) is 0. The van der Waals surface area contributed by atoms with Crippen LogP contribution in [0.3, 0.4) is 0 Å². The molecule has 0 saturated heterocycles. The lowest BCUT2D eigenvalue weighted by Crippen LogP contribution is -2.27. The number of likely N-dealkylation sites (N-methyl/N-ethyl adjacent to an activating group) is 1. The average Bonchev–Trinajstić information content (AvgIpc) is 2.59. The second kappa shape index (κ2) is 5.35. The van der Waals surface area contributed by atoms with Crippen LogP contribution < -0.4 is 0 Å². The molecule has 0 aromatic carbocycles. The van der Waals surface area contributed by atoms with Crippen LogP contribution in [0.2, 0.25) is 4.34 Å². The quantitative estimate of drug-likeness (QED) is 0.475. The topological polar surface area (TPSA) is 80.5 Å². The van der Waals surface area contributed by atoms with Crippen LogP contribution >= 0.6 is 22.9 Å². The van der Waals surface area contributed by atoms with Gasteiger partial charge in [-0.2, -0.15) is 4.31 Å². The summed E-state index contributed by atoms with van der Waals surface area (Å²) in [6, 6.07) is 0.969. The fourth-order valence-electron chi connectivity index (χ4n) is 1.21. The number of nitro groups is 1. The smallest absolute Gasteiger partial charge is 0.258 e. The first-order chi connectivity index (χ1) is 8.16. The third-order valence-corrected chi connectivity index (χ3v) is 5.59. The van der Waals surface area contributed by atoms with Crippen molar-refractivity contribution < 1.29 is 13.3 Å². The summed E-state index contributed by atoms with van der Waals surface area (Å²) in [5.41, 5.74) is 0.266. The van der Waals surface area contributed by atoms with Gasteiger partial charge in [-0.05, 0) is 6.92 Å². The van der Waals surface area contributed by atoms with Crippen molar-refractivity contribution >= 4 is 38.6 Å². The van der Waals surface area contributed by atoms with E-state index in [4.69, 9.17) is 11.6 Å². The van der Waals surface area contributed by atoms with Crippen molar-refractivity contribution in [1.82, 2.24) is 4.31 Å². The monoisotopic (exact) mass is 310 g/mol. The molecule has 0 aliphatic rings. The lowest BCUT2D eigenvalue weighted by molar-refractivity contribution is -0.384. The molecule has 0 aliphatic heterocycles. The third kappa shape index (κ3) is 3.08. The second-order valence-electron chi connectivity index (χ2n) is 3.70. The van der Waals surface area contributed by atoms with E-state index in [0.29, 0.717) is 16.9 Å². The molecule has 1 aromatic rings. The van der Waals surface area contributed by atoms with Crippen LogP contribution in [-0.2, 0) is 10.0 Å². The molecule has 0 saturated carbocycles. The Morgan fingerprint density at radius 1 is 1.67 bits per heavy atom. The Morgan fingerprint density at radius 3 is 2.61 bits per heavy atom. The Bertz CT molecular complexity index is 594. The van der Waals surface area contributed by atoms with Crippen LogP contribution in [0.4, 0.5) is 5.69 Å². The highest BCUT2D eigenvalue weighted by atomic mass is 35.5. The summed E-state index contributed by atoms with van der Waals surface area (Å²) in [6.07, 6.45) is 0. The summed E-state index contributed by atoms with van der Waals surface area (Å²) in [5, 5.41) is 10.6. The SMILES string of the molecule is C=C(C)CN(C)S(=O)(=O)c1cc([N+](=O)[O-])c(Cl)s1. The van der Waals surface area contributed by atoms with Gasteiger partial charge in [-0.3, -0.25) is 10.1 Å². The Morgan fingerprint density at radius 2 is 2.22 bits per heavy atom. The molecule has 0 amide bonds. The molecule has 1 heterocycles. The molecule has 0 aliphatic carbocycles. The van der Waals surface area contributed by atoms with Crippen molar-refractivity contribution in [3.63, 3.8) is 0 Å². The first-order valence-corrected chi connectivity index (χ1v) is 7.34. The van der Waals surface area contributed by atoms with Gasteiger partial charge in [-0.1, -0.05) is 23.8 Å². The number of halogens is 1. The minimum Gasteiger partial charge on any atom is -0.258 e. The number of sulfonamides is 1. The maximum atomic E-state index is 12.1. The number of thiophene rings is 1. The highest BCUT2D eigenvalue weighted by molar-refractivity contribution is 7.91. The van der Waals surface area contributed by atoms with Gasteiger partial charge >= 0.3 is 0 Å². The van der Waals surface area contributed by atoms with Gasteiger partial charge in [0.15, 0.2) is 4.34 Å². The largest absolute Gasteiger partial charge is 0.300 e. The Balaban J connectivity index is 3.17. The number of rotatable bonds is 5. The minimum atomic E-state index is -3.77. The molecule has 9 heteroatoms. The summed E-state index contributed by atoms with van der Waals surface area (Å²) in [7, 11) is -2.39. The molecule has 0 fully saturated rings. The van der Waals surface area contributed by atoms with Crippen LogP contribution in [0.25, 0.3) is 0 Å². The maximum absolute atomic E-state index is 12.1. The fraction of sp³-hybridized carbons (Fsp3) is 0.333. The molecule has 1 aromatic heterocycles. The van der Waals surface area contributed by atoms with E-state index in [1.165, 1.54) is 7.05 Å². The van der Waals surface area contributed by atoms with Gasteiger partial charge in [-0.15, -0.1) is 11.3 Å². The van der Waals surface area contributed by atoms with Gasteiger partial charge in [0, 0.05) is 19.7 Å². The van der Waals surface area contributed by atoms with Crippen molar-refractivity contribution in [2.24, 2.45) is 0 Å². The Kier molecular flexibility index (Phi) is 4.49. The molecular weight excluding hydrogens is 300 g/mol.